The summed E-state index contributed by atoms with van der Waals surface area (Å²) in [5, 5.41) is 11.8. The second-order valence-corrected chi connectivity index (χ2v) is 6.12. The lowest BCUT2D eigenvalue weighted by atomic mass is 10.2. The van der Waals surface area contributed by atoms with Gasteiger partial charge in [0.2, 0.25) is 0 Å². The lowest BCUT2D eigenvalue weighted by Crippen LogP contribution is -2.43. The SMILES string of the molecule is CC[C@@H](C)SC[C@H](NC(=O)OCc1ccccc1)C(=O)O. The van der Waals surface area contributed by atoms with Gasteiger partial charge in [-0.2, -0.15) is 11.8 Å². The molecule has 21 heavy (non-hydrogen) atoms. The van der Waals surface area contributed by atoms with Crippen LogP contribution >= 0.6 is 11.8 Å². The highest BCUT2D eigenvalue weighted by Gasteiger charge is 2.21. The van der Waals surface area contributed by atoms with E-state index >= 15 is 0 Å². The van der Waals surface area contributed by atoms with Crippen molar-refractivity contribution in [3.8, 4) is 0 Å². The highest BCUT2D eigenvalue weighted by Crippen LogP contribution is 2.14. The molecule has 5 nitrogen and oxygen atoms in total. The van der Waals surface area contributed by atoms with Gasteiger partial charge in [0.15, 0.2) is 0 Å². The van der Waals surface area contributed by atoms with Crippen LogP contribution in [0, 0.1) is 0 Å². The van der Waals surface area contributed by atoms with E-state index < -0.39 is 18.1 Å². The van der Waals surface area contributed by atoms with Gasteiger partial charge in [0, 0.05) is 11.0 Å². The molecule has 0 fully saturated rings. The number of rotatable bonds is 8. The van der Waals surface area contributed by atoms with E-state index in [4.69, 9.17) is 9.84 Å². The van der Waals surface area contributed by atoms with E-state index in [9.17, 15) is 9.59 Å². The Morgan fingerprint density at radius 2 is 2.00 bits per heavy atom. The van der Waals surface area contributed by atoms with Gasteiger partial charge in [0.1, 0.15) is 12.6 Å². The molecule has 2 N–H and O–H groups in total. The Labute approximate surface area is 129 Å². The summed E-state index contributed by atoms with van der Waals surface area (Å²) in [5.41, 5.74) is 0.855. The summed E-state index contributed by atoms with van der Waals surface area (Å²) >= 11 is 1.52. The average molecular weight is 311 g/mol. The Balaban J connectivity index is 2.40. The third kappa shape index (κ3) is 7.04. The molecule has 1 amide bonds. The molecular weight excluding hydrogens is 290 g/mol. The number of hydrogen-bond acceptors (Lipinski definition) is 4. The van der Waals surface area contributed by atoms with Crippen LogP contribution in [-0.4, -0.2) is 34.2 Å². The van der Waals surface area contributed by atoms with Gasteiger partial charge >= 0.3 is 12.1 Å². The number of amides is 1. The van der Waals surface area contributed by atoms with Crippen LogP contribution < -0.4 is 5.32 Å². The molecule has 0 aliphatic heterocycles. The van der Waals surface area contributed by atoms with Gasteiger partial charge in [-0.15, -0.1) is 0 Å². The fourth-order valence-corrected chi connectivity index (χ4v) is 2.44. The van der Waals surface area contributed by atoms with E-state index in [1.54, 1.807) is 0 Å². The summed E-state index contributed by atoms with van der Waals surface area (Å²) in [6, 6.07) is 8.29. The van der Waals surface area contributed by atoms with Gasteiger partial charge in [-0.25, -0.2) is 9.59 Å². The van der Waals surface area contributed by atoms with Crippen molar-refractivity contribution in [3.05, 3.63) is 35.9 Å². The lowest BCUT2D eigenvalue weighted by molar-refractivity contribution is -0.138. The third-order valence-electron chi connectivity index (χ3n) is 2.93. The van der Waals surface area contributed by atoms with Crippen molar-refractivity contribution in [3.63, 3.8) is 0 Å². The van der Waals surface area contributed by atoms with Crippen LogP contribution in [0.15, 0.2) is 30.3 Å². The second-order valence-electron chi connectivity index (χ2n) is 4.65. The molecule has 2 atom stereocenters. The number of carbonyl (C=O) groups excluding carboxylic acids is 1. The number of aliphatic carboxylic acids is 1. The first-order valence-corrected chi connectivity index (χ1v) is 7.89. The number of hydrogen-bond donors (Lipinski definition) is 2. The number of carboxylic acids is 1. The highest BCUT2D eigenvalue weighted by molar-refractivity contribution is 7.99. The van der Waals surface area contributed by atoms with Gasteiger partial charge in [0.05, 0.1) is 0 Å². The first-order valence-electron chi connectivity index (χ1n) is 6.84. The fraction of sp³-hybridized carbons (Fsp3) is 0.467. The number of nitrogens with one attached hydrogen (secondary N) is 1. The minimum Gasteiger partial charge on any atom is -0.480 e. The number of carboxylic acid groups (broad SMARTS) is 1. The van der Waals surface area contributed by atoms with Crippen molar-refractivity contribution in [2.75, 3.05) is 5.75 Å². The zero-order valence-electron chi connectivity index (χ0n) is 12.2. The van der Waals surface area contributed by atoms with E-state index in [1.807, 2.05) is 44.2 Å². The molecule has 0 radical (unpaired) electrons. The summed E-state index contributed by atoms with van der Waals surface area (Å²) in [7, 11) is 0. The topological polar surface area (TPSA) is 75.6 Å². The number of thioether (sulfide) groups is 1. The molecular formula is C15H21NO4S. The fourth-order valence-electron chi connectivity index (χ4n) is 1.46. The van der Waals surface area contributed by atoms with E-state index in [0.717, 1.165) is 12.0 Å². The smallest absolute Gasteiger partial charge is 0.408 e. The quantitative estimate of drug-likeness (QED) is 0.772. The van der Waals surface area contributed by atoms with Crippen molar-refractivity contribution >= 4 is 23.8 Å². The molecule has 0 aliphatic carbocycles. The Bertz CT molecular complexity index is 452. The van der Waals surface area contributed by atoms with E-state index in [-0.39, 0.29) is 6.61 Å². The number of benzene rings is 1. The molecule has 0 unspecified atom stereocenters. The maximum atomic E-state index is 11.6. The molecule has 0 saturated carbocycles. The van der Waals surface area contributed by atoms with Crippen LogP contribution in [0.1, 0.15) is 25.8 Å². The molecule has 116 valence electrons. The van der Waals surface area contributed by atoms with E-state index in [0.29, 0.717) is 11.0 Å². The number of alkyl carbamates (subject to hydrolysis) is 1. The maximum absolute atomic E-state index is 11.6. The Kier molecular flexibility index (Phi) is 7.68. The van der Waals surface area contributed by atoms with Crippen LogP contribution in [0.5, 0.6) is 0 Å². The minimum absolute atomic E-state index is 0.123. The van der Waals surface area contributed by atoms with E-state index in [1.165, 1.54) is 11.8 Å². The van der Waals surface area contributed by atoms with Crippen molar-refractivity contribution in [2.45, 2.75) is 38.2 Å². The van der Waals surface area contributed by atoms with Gasteiger partial charge in [-0.3, -0.25) is 0 Å². The predicted molar refractivity (Wildman–Crippen MR) is 83.4 cm³/mol. The van der Waals surface area contributed by atoms with Crippen molar-refractivity contribution < 1.29 is 19.4 Å². The summed E-state index contributed by atoms with van der Waals surface area (Å²) in [6.07, 6.45) is 0.242. The van der Waals surface area contributed by atoms with Crippen molar-refractivity contribution in [1.29, 1.82) is 0 Å². The van der Waals surface area contributed by atoms with Crippen LogP contribution in [-0.2, 0) is 16.1 Å². The molecule has 0 spiro atoms. The highest BCUT2D eigenvalue weighted by atomic mass is 32.2. The predicted octanol–water partition coefficient (Wildman–Crippen LogP) is 2.90. The van der Waals surface area contributed by atoms with Gasteiger partial charge in [-0.1, -0.05) is 44.2 Å². The molecule has 6 heteroatoms. The first kappa shape index (κ1) is 17.4. The summed E-state index contributed by atoms with van der Waals surface area (Å²) in [5.74, 6) is -0.729. The van der Waals surface area contributed by atoms with Gasteiger partial charge < -0.3 is 15.2 Å². The number of ether oxygens (including phenoxy) is 1. The molecule has 1 rings (SSSR count). The molecule has 0 aromatic heterocycles. The summed E-state index contributed by atoms with van der Waals surface area (Å²) < 4.78 is 5.02. The molecule has 0 aliphatic rings. The van der Waals surface area contributed by atoms with Crippen LogP contribution in [0.4, 0.5) is 4.79 Å². The normalized spacial score (nSPS) is 13.2. The summed E-state index contributed by atoms with van der Waals surface area (Å²) in [6.45, 7) is 4.18. The van der Waals surface area contributed by atoms with E-state index in [2.05, 4.69) is 5.32 Å². The molecule has 0 saturated heterocycles. The van der Waals surface area contributed by atoms with Crippen LogP contribution in [0.3, 0.4) is 0 Å². The zero-order chi connectivity index (χ0) is 15.7. The minimum atomic E-state index is -1.05. The zero-order valence-corrected chi connectivity index (χ0v) is 13.1. The Hall–Kier alpha value is -1.69. The van der Waals surface area contributed by atoms with Crippen molar-refractivity contribution in [1.82, 2.24) is 5.32 Å². The average Bonchev–Trinajstić information content (AvgIpc) is 2.49. The van der Waals surface area contributed by atoms with Crippen LogP contribution in [0.25, 0.3) is 0 Å². The standard InChI is InChI=1S/C15H21NO4S/c1-3-11(2)21-10-13(14(17)18)16-15(19)20-9-12-7-5-4-6-8-12/h4-8,11,13H,3,9-10H2,1-2H3,(H,16,19)(H,17,18)/t11-,13+/m1/s1. The van der Waals surface area contributed by atoms with Gasteiger partial charge in [0.25, 0.3) is 0 Å². The Morgan fingerprint density at radius 3 is 2.57 bits per heavy atom. The molecule has 1 aromatic rings. The molecule has 0 heterocycles. The largest absolute Gasteiger partial charge is 0.480 e. The number of carbonyl (C=O) groups is 2. The second kappa shape index (κ2) is 9.28. The Morgan fingerprint density at radius 1 is 1.33 bits per heavy atom. The monoisotopic (exact) mass is 311 g/mol. The third-order valence-corrected chi connectivity index (χ3v) is 4.35. The molecule has 0 bridgehead atoms. The lowest BCUT2D eigenvalue weighted by Gasteiger charge is -2.16. The van der Waals surface area contributed by atoms with Gasteiger partial charge in [-0.05, 0) is 12.0 Å². The van der Waals surface area contributed by atoms with Crippen molar-refractivity contribution in [2.24, 2.45) is 0 Å². The maximum Gasteiger partial charge on any atom is 0.408 e. The molecule has 1 aromatic carbocycles. The summed E-state index contributed by atoms with van der Waals surface area (Å²) in [4.78, 5) is 22.8. The van der Waals surface area contributed by atoms with Crippen LogP contribution in [0.2, 0.25) is 0 Å². The first-order chi connectivity index (χ1) is 10.0.